The van der Waals surface area contributed by atoms with Gasteiger partial charge in [-0.05, 0) is 31.0 Å². The summed E-state index contributed by atoms with van der Waals surface area (Å²) in [4.78, 5) is 2.07. The number of aliphatic hydroxyl groups is 2. The van der Waals surface area contributed by atoms with E-state index in [0.717, 1.165) is 24.2 Å². The molecule has 1 saturated heterocycles. The van der Waals surface area contributed by atoms with Gasteiger partial charge in [0.1, 0.15) is 0 Å². The molecule has 1 aliphatic rings. The van der Waals surface area contributed by atoms with Crippen molar-refractivity contribution in [1.29, 1.82) is 0 Å². The molecule has 2 atom stereocenters. The first-order valence-electron chi connectivity index (χ1n) is 5.48. The van der Waals surface area contributed by atoms with Gasteiger partial charge < -0.3 is 15.1 Å². The van der Waals surface area contributed by atoms with Crippen molar-refractivity contribution in [2.24, 2.45) is 0 Å². The van der Waals surface area contributed by atoms with Crippen LogP contribution in [0.25, 0.3) is 0 Å². The lowest BCUT2D eigenvalue weighted by molar-refractivity contribution is 0.198. The first kappa shape index (κ1) is 11.7. The number of benzene rings is 1. The molecule has 1 aromatic rings. The Bertz CT molecular complexity index is 381. The molecule has 1 fully saturated rings. The van der Waals surface area contributed by atoms with Gasteiger partial charge in [-0.15, -0.1) is 0 Å². The minimum absolute atomic E-state index is 0.257. The van der Waals surface area contributed by atoms with Crippen LogP contribution in [0.15, 0.2) is 18.2 Å². The highest BCUT2D eigenvalue weighted by atomic mass is 35.5. The summed E-state index contributed by atoms with van der Waals surface area (Å²) >= 11 is 6.17. The summed E-state index contributed by atoms with van der Waals surface area (Å²) < 4.78 is 0. The Morgan fingerprint density at radius 3 is 2.75 bits per heavy atom. The quantitative estimate of drug-likeness (QED) is 0.832. The van der Waals surface area contributed by atoms with Crippen LogP contribution in [-0.2, 0) is 0 Å². The van der Waals surface area contributed by atoms with Crippen molar-refractivity contribution >= 4 is 17.3 Å². The average Bonchev–Trinajstić information content (AvgIpc) is 2.64. The average molecular weight is 242 g/mol. The fraction of sp³-hybridized carbons (Fsp3) is 0.500. The van der Waals surface area contributed by atoms with Crippen LogP contribution < -0.4 is 4.90 Å². The number of hydrogen-bond acceptors (Lipinski definition) is 3. The predicted molar refractivity (Wildman–Crippen MR) is 64.9 cm³/mol. The van der Waals surface area contributed by atoms with E-state index < -0.39 is 6.10 Å². The van der Waals surface area contributed by atoms with E-state index >= 15 is 0 Å². The second-order valence-corrected chi connectivity index (χ2v) is 4.68. The fourth-order valence-corrected chi connectivity index (χ4v) is 2.31. The van der Waals surface area contributed by atoms with Gasteiger partial charge in [-0.3, -0.25) is 0 Å². The van der Waals surface area contributed by atoms with E-state index in [2.05, 4.69) is 4.90 Å². The molecule has 0 spiro atoms. The van der Waals surface area contributed by atoms with E-state index in [0.29, 0.717) is 11.6 Å². The Balaban J connectivity index is 2.22. The van der Waals surface area contributed by atoms with Gasteiger partial charge >= 0.3 is 0 Å². The summed E-state index contributed by atoms with van der Waals surface area (Å²) in [7, 11) is 0. The molecule has 16 heavy (non-hydrogen) atoms. The maximum Gasteiger partial charge on any atom is 0.0762 e. The molecule has 2 N–H and O–H groups in total. The minimum atomic E-state index is -0.504. The topological polar surface area (TPSA) is 43.7 Å². The first-order valence-corrected chi connectivity index (χ1v) is 5.86. The number of anilines is 1. The van der Waals surface area contributed by atoms with Gasteiger partial charge in [0.2, 0.25) is 0 Å². The van der Waals surface area contributed by atoms with E-state index in [1.807, 2.05) is 12.1 Å². The number of aliphatic hydroxyl groups excluding tert-OH is 2. The van der Waals surface area contributed by atoms with E-state index in [4.69, 9.17) is 11.6 Å². The predicted octanol–water partition coefficient (Wildman–Crippen LogP) is 1.96. The highest BCUT2D eigenvalue weighted by Gasteiger charge is 2.22. The number of nitrogens with zero attached hydrogens (tertiary/aromatic N) is 1. The summed E-state index contributed by atoms with van der Waals surface area (Å²) in [5, 5.41) is 19.5. The van der Waals surface area contributed by atoms with E-state index in [1.54, 1.807) is 13.0 Å². The Morgan fingerprint density at radius 2 is 2.25 bits per heavy atom. The molecule has 1 heterocycles. The normalized spacial score (nSPS) is 22.5. The largest absolute Gasteiger partial charge is 0.391 e. The third kappa shape index (κ3) is 2.32. The fourth-order valence-electron chi connectivity index (χ4n) is 2.00. The maximum absolute atomic E-state index is 9.47. The van der Waals surface area contributed by atoms with Gasteiger partial charge in [0, 0.05) is 13.1 Å². The number of hydrogen-bond donors (Lipinski definition) is 2. The van der Waals surface area contributed by atoms with Gasteiger partial charge in [0.05, 0.1) is 22.9 Å². The highest BCUT2D eigenvalue weighted by molar-refractivity contribution is 6.33. The Morgan fingerprint density at radius 1 is 1.50 bits per heavy atom. The zero-order chi connectivity index (χ0) is 11.7. The van der Waals surface area contributed by atoms with Gasteiger partial charge in [0.15, 0.2) is 0 Å². The van der Waals surface area contributed by atoms with Crippen molar-refractivity contribution < 1.29 is 10.2 Å². The lowest BCUT2D eigenvalue weighted by Gasteiger charge is -2.20. The highest BCUT2D eigenvalue weighted by Crippen LogP contribution is 2.31. The monoisotopic (exact) mass is 241 g/mol. The van der Waals surface area contributed by atoms with E-state index in [9.17, 15) is 10.2 Å². The smallest absolute Gasteiger partial charge is 0.0762 e. The van der Waals surface area contributed by atoms with Crippen molar-refractivity contribution in [3.8, 4) is 0 Å². The molecular weight excluding hydrogens is 226 g/mol. The zero-order valence-electron chi connectivity index (χ0n) is 9.23. The van der Waals surface area contributed by atoms with Gasteiger partial charge in [0.25, 0.3) is 0 Å². The second-order valence-electron chi connectivity index (χ2n) is 4.28. The van der Waals surface area contributed by atoms with Gasteiger partial charge in [-0.1, -0.05) is 17.7 Å². The molecule has 0 aromatic heterocycles. The van der Waals surface area contributed by atoms with Crippen LogP contribution in [0.2, 0.25) is 5.02 Å². The lowest BCUT2D eigenvalue weighted by atomic mass is 10.1. The molecule has 0 saturated carbocycles. The van der Waals surface area contributed by atoms with Crippen LogP contribution in [0, 0.1) is 0 Å². The maximum atomic E-state index is 9.47. The summed E-state index contributed by atoms with van der Waals surface area (Å²) in [5.41, 5.74) is 1.75. The molecule has 0 radical (unpaired) electrons. The van der Waals surface area contributed by atoms with Crippen molar-refractivity contribution in [1.82, 2.24) is 0 Å². The Kier molecular flexibility index (Phi) is 3.38. The van der Waals surface area contributed by atoms with E-state index in [-0.39, 0.29) is 6.10 Å². The summed E-state index contributed by atoms with van der Waals surface area (Å²) in [6.45, 7) is 3.17. The summed E-state index contributed by atoms with van der Waals surface area (Å²) in [6.07, 6.45) is 0.0253. The molecule has 1 aliphatic heterocycles. The Hall–Kier alpha value is -0.770. The molecular formula is C12H16ClNO2. The molecule has 2 rings (SSSR count). The first-order chi connectivity index (χ1) is 7.58. The third-order valence-corrected chi connectivity index (χ3v) is 3.26. The van der Waals surface area contributed by atoms with E-state index in [1.165, 1.54) is 0 Å². The molecule has 0 amide bonds. The molecule has 0 aliphatic carbocycles. The minimum Gasteiger partial charge on any atom is -0.391 e. The van der Waals surface area contributed by atoms with Gasteiger partial charge in [-0.2, -0.15) is 0 Å². The number of halogens is 1. The number of β-amino-alcohol motifs (C(OH)–C–C–N with tert-alkyl or cyclic N) is 1. The van der Waals surface area contributed by atoms with Crippen LogP contribution in [0.5, 0.6) is 0 Å². The van der Waals surface area contributed by atoms with Crippen LogP contribution in [0.4, 0.5) is 5.69 Å². The van der Waals surface area contributed by atoms with Gasteiger partial charge in [-0.25, -0.2) is 0 Å². The molecule has 1 aromatic carbocycles. The zero-order valence-corrected chi connectivity index (χ0v) is 9.98. The molecule has 0 bridgehead atoms. The van der Waals surface area contributed by atoms with Crippen molar-refractivity contribution in [2.45, 2.75) is 25.6 Å². The second kappa shape index (κ2) is 4.62. The number of rotatable bonds is 2. The SMILES string of the molecule is C[C@@H](O)c1ccc(N2CCC(O)C2)c(Cl)c1. The van der Waals surface area contributed by atoms with Crippen molar-refractivity contribution in [3.63, 3.8) is 0 Å². The van der Waals surface area contributed by atoms with Crippen LogP contribution in [-0.4, -0.2) is 29.4 Å². The summed E-state index contributed by atoms with van der Waals surface area (Å²) in [6, 6.07) is 5.56. The summed E-state index contributed by atoms with van der Waals surface area (Å²) in [5.74, 6) is 0. The third-order valence-electron chi connectivity index (χ3n) is 2.96. The van der Waals surface area contributed by atoms with Crippen molar-refractivity contribution in [2.75, 3.05) is 18.0 Å². The molecule has 4 heteroatoms. The molecule has 1 unspecified atom stereocenters. The molecule has 3 nitrogen and oxygen atoms in total. The molecule has 88 valence electrons. The lowest BCUT2D eigenvalue weighted by Crippen LogP contribution is -2.21. The van der Waals surface area contributed by atoms with Crippen LogP contribution in [0.3, 0.4) is 0 Å². The van der Waals surface area contributed by atoms with Crippen molar-refractivity contribution in [3.05, 3.63) is 28.8 Å². The Labute approximate surface area is 100 Å². The standard InChI is InChI=1S/C12H16ClNO2/c1-8(15)9-2-3-12(11(13)6-9)14-5-4-10(16)7-14/h2-3,6,8,10,15-16H,4-5,7H2,1H3/t8-,10?/m1/s1. The van der Waals surface area contributed by atoms with Crippen LogP contribution >= 0.6 is 11.6 Å². The van der Waals surface area contributed by atoms with Crippen LogP contribution in [0.1, 0.15) is 25.0 Å².